The predicted octanol–water partition coefficient (Wildman–Crippen LogP) is 2.41. The average molecular weight is 236 g/mol. The number of rotatable bonds is 1. The molecule has 0 aliphatic carbocycles. The van der Waals surface area contributed by atoms with Crippen molar-refractivity contribution in [3.63, 3.8) is 0 Å². The van der Waals surface area contributed by atoms with Gasteiger partial charge in [-0.1, -0.05) is 22.9 Å². The van der Waals surface area contributed by atoms with E-state index in [1.807, 2.05) is 6.07 Å². The van der Waals surface area contributed by atoms with E-state index in [1.54, 1.807) is 0 Å². The Morgan fingerprint density at radius 3 is 2.94 bits per heavy atom. The Hall–Kier alpha value is -2.29. The zero-order valence-electron chi connectivity index (χ0n) is 9.98. The van der Waals surface area contributed by atoms with Gasteiger partial charge in [0.15, 0.2) is 0 Å². The van der Waals surface area contributed by atoms with Gasteiger partial charge in [-0.25, -0.2) is 0 Å². The topological polar surface area (TPSA) is 31.7 Å². The van der Waals surface area contributed by atoms with Crippen LogP contribution in [0.25, 0.3) is 16.6 Å². The highest BCUT2D eigenvalue weighted by atomic mass is 15.3. The van der Waals surface area contributed by atoms with E-state index in [-0.39, 0.29) is 0 Å². The van der Waals surface area contributed by atoms with Crippen LogP contribution in [0.4, 0.5) is 5.69 Å². The van der Waals surface area contributed by atoms with Gasteiger partial charge in [0.25, 0.3) is 0 Å². The summed E-state index contributed by atoms with van der Waals surface area (Å²) in [6.07, 6.45) is 3.26. The Morgan fingerprint density at radius 2 is 2.00 bits per heavy atom. The Balaban J connectivity index is 1.86. The third-order valence-corrected chi connectivity index (χ3v) is 3.55. The molecular formula is C15H14N3+. The second kappa shape index (κ2) is 3.60. The molecule has 2 N–H and O–H groups in total. The molecule has 88 valence electrons. The van der Waals surface area contributed by atoms with Crippen molar-refractivity contribution in [1.82, 2.24) is 5.10 Å². The molecular weight excluding hydrogens is 222 g/mol. The lowest BCUT2D eigenvalue weighted by Crippen LogP contribution is -2.31. The summed E-state index contributed by atoms with van der Waals surface area (Å²) < 4.78 is 2.07. The molecule has 0 saturated heterocycles. The van der Waals surface area contributed by atoms with Gasteiger partial charge in [0, 0.05) is 24.4 Å². The van der Waals surface area contributed by atoms with Gasteiger partial charge in [-0.15, -0.1) is 0 Å². The first-order valence-corrected chi connectivity index (χ1v) is 6.27. The van der Waals surface area contributed by atoms with Crippen LogP contribution in [-0.4, -0.2) is 11.6 Å². The zero-order valence-corrected chi connectivity index (χ0v) is 9.98. The maximum atomic E-state index is 3.42. The molecule has 0 spiro atoms. The molecule has 0 fully saturated rings. The van der Waals surface area contributed by atoms with Crippen molar-refractivity contribution in [2.45, 2.75) is 6.42 Å². The summed E-state index contributed by atoms with van der Waals surface area (Å²) in [5.74, 6) is 0. The molecule has 0 unspecified atom stereocenters. The van der Waals surface area contributed by atoms with Gasteiger partial charge in [-0.3, -0.25) is 0 Å². The molecule has 1 aliphatic heterocycles. The first-order chi connectivity index (χ1) is 8.90. The van der Waals surface area contributed by atoms with Crippen LogP contribution >= 0.6 is 0 Å². The highest BCUT2D eigenvalue weighted by Crippen LogP contribution is 2.23. The number of hydrogen-bond acceptors (Lipinski definition) is 1. The fraction of sp³-hybridized carbons (Fsp3) is 0.133. The van der Waals surface area contributed by atoms with Crippen molar-refractivity contribution in [1.29, 1.82) is 0 Å². The van der Waals surface area contributed by atoms with Crippen LogP contribution in [0.3, 0.4) is 0 Å². The third kappa shape index (κ3) is 1.40. The van der Waals surface area contributed by atoms with Crippen molar-refractivity contribution >= 4 is 16.6 Å². The molecule has 3 heteroatoms. The largest absolute Gasteiger partial charge is 0.384 e. The van der Waals surface area contributed by atoms with Crippen LogP contribution in [0.15, 0.2) is 48.7 Å². The lowest BCUT2D eigenvalue weighted by atomic mass is 10.1. The molecule has 3 aromatic rings. The summed E-state index contributed by atoms with van der Waals surface area (Å²) in [5.41, 5.74) is 5.00. The third-order valence-electron chi connectivity index (χ3n) is 3.55. The Morgan fingerprint density at radius 1 is 1.06 bits per heavy atom. The highest BCUT2D eigenvalue weighted by Gasteiger charge is 2.16. The maximum Gasteiger partial charge on any atom is 0.237 e. The van der Waals surface area contributed by atoms with Gasteiger partial charge in [0.2, 0.25) is 11.9 Å². The van der Waals surface area contributed by atoms with Gasteiger partial charge >= 0.3 is 0 Å². The average Bonchev–Trinajstić information content (AvgIpc) is 3.04. The summed E-state index contributed by atoms with van der Waals surface area (Å²) in [4.78, 5) is 0. The zero-order chi connectivity index (χ0) is 11.9. The summed E-state index contributed by atoms with van der Waals surface area (Å²) >= 11 is 0. The number of nitrogens with one attached hydrogen (secondary N) is 2. The molecule has 3 nitrogen and oxygen atoms in total. The smallest absolute Gasteiger partial charge is 0.237 e. The number of benzene rings is 2. The minimum absolute atomic E-state index is 1.05. The van der Waals surface area contributed by atoms with Crippen molar-refractivity contribution in [3.05, 3.63) is 54.2 Å². The first kappa shape index (κ1) is 9.71. The minimum atomic E-state index is 1.05. The van der Waals surface area contributed by atoms with Gasteiger partial charge < -0.3 is 5.32 Å². The van der Waals surface area contributed by atoms with E-state index in [1.165, 1.54) is 22.3 Å². The van der Waals surface area contributed by atoms with E-state index in [0.29, 0.717) is 0 Å². The van der Waals surface area contributed by atoms with E-state index in [0.717, 1.165) is 18.5 Å². The van der Waals surface area contributed by atoms with Gasteiger partial charge in [0.05, 0.1) is 5.39 Å². The first-order valence-electron chi connectivity index (χ1n) is 6.27. The van der Waals surface area contributed by atoms with Crippen LogP contribution in [0.1, 0.15) is 5.56 Å². The highest BCUT2D eigenvalue weighted by molar-refractivity contribution is 5.76. The molecule has 2 aromatic carbocycles. The van der Waals surface area contributed by atoms with E-state index < -0.39 is 0 Å². The van der Waals surface area contributed by atoms with Crippen LogP contribution in [0, 0.1) is 0 Å². The maximum absolute atomic E-state index is 3.42. The van der Waals surface area contributed by atoms with Crippen LogP contribution in [0.5, 0.6) is 0 Å². The molecule has 0 radical (unpaired) electrons. The lowest BCUT2D eigenvalue weighted by Gasteiger charge is -1.98. The quantitative estimate of drug-likeness (QED) is 0.625. The number of H-pyrrole nitrogens is 1. The second-order valence-electron chi connectivity index (χ2n) is 4.72. The number of aromatic nitrogens is 2. The van der Waals surface area contributed by atoms with Crippen molar-refractivity contribution in [2.24, 2.45) is 0 Å². The number of nitrogens with zero attached hydrogens (tertiary/aromatic N) is 1. The summed E-state index contributed by atoms with van der Waals surface area (Å²) in [7, 11) is 0. The molecule has 0 saturated carbocycles. The van der Waals surface area contributed by atoms with Crippen molar-refractivity contribution in [3.8, 4) is 5.69 Å². The molecule has 1 aromatic heterocycles. The normalized spacial score (nSPS) is 13.6. The molecule has 0 bridgehead atoms. The lowest BCUT2D eigenvalue weighted by molar-refractivity contribution is -0.653. The Kier molecular flexibility index (Phi) is 1.94. The summed E-state index contributed by atoms with van der Waals surface area (Å²) in [5, 5.41) is 8.04. The number of anilines is 1. The molecule has 4 rings (SSSR count). The Bertz CT molecular complexity index is 694. The number of fused-ring (bicyclic) bond motifs is 2. The molecule has 0 atom stereocenters. The fourth-order valence-electron chi connectivity index (χ4n) is 2.58. The van der Waals surface area contributed by atoms with Crippen molar-refractivity contribution in [2.75, 3.05) is 11.9 Å². The van der Waals surface area contributed by atoms with Crippen molar-refractivity contribution < 1.29 is 4.68 Å². The molecule has 1 aliphatic rings. The number of hydrogen-bond donors (Lipinski definition) is 2. The van der Waals surface area contributed by atoms with Crippen LogP contribution in [0.2, 0.25) is 0 Å². The second-order valence-corrected chi connectivity index (χ2v) is 4.72. The summed E-state index contributed by atoms with van der Waals surface area (Å²) in [6, 6.07) is 14.9. The summed E-state index contributed by atoms with van der Waals surface area (Å²) in [6.45, 7) is 1.05. The van der Waals surface area contributed by atoms with Crippen LogP contribution in [-0.2, 0) is 6.42 Å². The number of aromatic amines is 1. The standard InChI is InChI=1S/C15H13N3/c1-2-4-14-12(3-1)10-18(17-14)13-6-5-11-7-8-16-15(11)9-13/h1-6,9-10,16H,7-8H2/p+1. The SMILES string of the molecule is c1ccc2[nH][n+](-c3ccc4c(c3)NCC4)cc2c1. The van der Waals surface area contributed by atoms with E-state index in [2.05, 4.69) is 57.7 Å². The predicted molar refractivity (Wildman–Crippen MR) is 72.0 cm³/mol. The molecule has 18 heavy (non-hydrogen) atoms. The molecule has 2 heterocycles. The van der Waals surface area contributed by atoms with E-state index in [4.69, 9.17) is 0 Å². The minimum Gasteiger partial charge on any atom is -0.384 e. The Labute approximate surface area is 105 Å². The molecule has 0 amide bonds. The van der Waals surface area contributed by atoms with Gasteiger partial charge in [-0.05, 0) is 24.1 Å². The van der Waals surface area contributed by atoms with E-state index >= 15 is 0 Å². The monoisotopic (exact) mass is 236 g/mol. The number of para-hydroxylation sites is 1. The van der Waals surface area contributed by atoms with Crippen LogP contribution < -0.4 is 10.00 Å². The fourth-order valence-corrected chi connectivity index (χ4v) is 2.58. The van der Waals surface area contributed by atoms with Gasteiger partial charge in [-0.2, -0.15) is 5.10 Å². The van der Waals surface area contributed by atoms with E-state index in [9.17, 15) is 0 Å². The van der Waals surface area contributed by atoms with Gasteiger partial charge in [0.1, 0.15) is 5.52 Å².